The molecule has 1 aliphatic heterocycles. The molecule has 0 spiro atoms. The second-order valence-corrected chi connectivity index (χ2v) is 8.32. The first-order valence-electron chi connectivity index (χ1n) is 10.3. The number of piperidine rings is 1. The zero-order chi connectivity index (χ0) is 18.1. The van der Waals surface area contributed by atoms with Crippen LogP contribution in [-0.4, -0.2) is 63.8 Å². The van der Waals surface area contributed by atoms with Gasteiger partial charge in [-0.2, -0.15) is 0 Å². The Morgan fingerprint density at radius 1 is 1.24 bits per heavy atom. The third-order valence-corrected chi connectivity index (χ3v) is 6.36. The van der Waals surface area contributed by atoms with Gasteiger partial charge in [-0.3, -0.25) is 9.89 Å². The Balaban J connectivity index is 1.74. The second kappa shape index (κ2) is 10.4. The molecule has 0 aromatic rings. The lowest BCUT2D eigenvalue weighted by Crippen LogP contribution is -2.49. The van der Waals surface area contributed by atoms with E-state index in [2.05, 4.69) is 34.4 Å². The Morgan fingerprint density at radius 3 is 2.52 bits per heavy atom. The molecule has 2 aliphatic rings. The van der Waals surface area contributed by atoms with Crippen LogP contribution in [0.5, 0.6) is 0 Å². The van der Waals surface area contributed by atoms with Gasteiger partial charge >= 0.3 is 0 Å². The maximum atomic E-state index is 5.34. The fourth-order valence-electron chi connectivity index (χ4n) is 4.29. The molecule has 1 unspecified atom stereocenters. The van der Waals surface area contributed by atoms with Gasteiger partial charge in [-0.05, 0) is 63.5 Å². The molecule has 1 atom stereocenters. The summed E-state index contributed by atoms with van der Waals surface area (Å²) < 4.78 is 5.34. The number of ether oxygens (including phenoxy) is 1. The van der Waals surface area contributed by atoms with Gasteiger partial charge in [-0.25, -0.2) is 0 Å². The number of methoxy groups -OCH3 is 1. The lowest BCUT2D eigenvalue weighted by Gasteiger charge is -2.35. The topological polar surface area (TPSA) is 48.9 Å². The molecule has 1 saturated heterocycles. The van der Waals surface area contributed by atoms with E-state index in [0.29, 0.717) is 11.5 Å². The Bertz CT molecular complexity index is 399. The molecule has 2 fully saturated rings. The summed E-state index contributed by atoms with van der Waals surface area (Å²) >= 11 is 0. The smallest absolute Gasteiger partial charge is 0.191 e. The molecule has 0 radical (unpaired) electrons. The van der Waals surface area contributed by atoms with Crippen molar-refractivity contribution in [3.63, 3.8) is 0 Å². The minimum atomic E-state index is 0.391. The number of hydrogen-bond donors (Lipinski definition) is 2. The highest BCUT2D eigenvalue weighted by Gasteiger charge is 2.33. The molecular formula is C20H40N4O. The van der Waals surface area contributed by atoms with Gasteiger partial charge in [0.1, 0.15) is 0 Å². The predicted octanol–water partition coefficient (Wildman–Crippen LogP) is 2.87. The molecular weight excluding hydrogens is 312 g/mol. The van der Waals surface area contributed by atoms with E-state index in [1.54, 1.807) is 7.11 Å². The average Bonchev–Trinajstić information content (AvgIpc) is 3.09. The van der Waals surface area contributed by atoms with Gasteiger partial charge in [0.2, 0.25) is 0 Å². The van der Waals surface area contributed by atoms with E-state index >= 15 is 0 Å². The molecule has 0 bridgehead atoms. The summed E-state index contributed by atoms with van der Waals surface area (Å²) in [4.78, 5) is 7.04. The highest BCUT2D eigenvalue weighted by Crippen LogP contribution is 2.40. The number of nitrogens with zero attached hydrogens (tertiary/aromatic N) is 2. The summed E-state index contributed by atoms with van der Waals surface area (Å²) in [5.74, 6) is 1.83. The fraction of sp³-hybridized carbons (Fsp3) is 0.950. The predicted molar refractivity (Wildman–Crippen MR) is 106 cm³/mol. The van der Waals surface area contributed by atoms with Gasteiger partial charge in [-0.1, -0.05) is 19.8 Å². The number of aliphatic imine (C=N–C) groups is 1. The van der Waals surface area contributed by atoms with Crippen molar-refractivity contribution >= 4 is 5.96 Å². The van der Waals surface area contributed by atoms with Crippen LogP contribution in [0.4, 0.5) is 0 Å². The Morgan fingerprint density at radius 2 is 1.92 bits per heavy atom. The highest BCUT2D eigenvalue weighted by atomic mass is 16.5. The van der Waals surface area contributed by atoms with Crippen LogP contribution < -0.4 is 10.6 Å². The quantitative estimate of drug-likeness (QED) is 0.521. The van der Waals surface area contributed by atoms with Crippen molar-refractivity contribution in [1.82, 2.24) is 15.5 Å². The van der Waals surface area contributed by atoms with Gasteiger partial charge in [0.25, 0.3) is 0 Å². The molecule has 146 valence electrons. The Kier molecular flexibility index (Phi) is 8.50. The summed E-state index contributed by atoms with van der Waals surface area (Å²) in [6.45, 7) is 9.98. The number of nitrogens with one attached hydrogen (secondary N) is 2. The summed E-state index contributed by atoms with van der Waals surface area (Å²) in [6.07, 6.45) is 9.13. The number of guanidine groups is 1. The SMILES string of the molecule is CN=C(NCC(C)N1CCC(C)CC1)NCC1(CCOC)CCCC1. The zero-order valence-electron chi connectivity index (χ0n) is 16.9. The summed E-state index contributed by atoms with van der Waals surface area (Å²) in [5, 5.41) is 7.13. The lowest BCUT2D eigenvalue weighted by atomic mass is 9.83. The minimum Gasteiger partial charge on any atom is -0.385 e. The van der Waals surface area contributed by atoms with E-state index in [1.807, 2.05) is 7.05 Å². The van der Waals surface area contributed by atoms with E-state index in [0.717, 1.165) is 38.0 Å². The highest BCUT2D eigenvalue weighted by molar-refractivity contribution is 5.79. The van der Waals surface area contributed by atoms with Gasteiger partial charge in [-0.15, -0.1) is 0 Å². The number of likely N-dealkylation sites (tertiary alicyclic amines) is 1. The molecule has 2 N–H and O–H groups in total. The third-order valence-electron chi connectivity index (χ3n) is 6.36. The van der Waals surface area contributed by atoms with Crippen LogP contribution in [0.3, 0.4) is 0 Å². The number of hydrogen-bond acceptors (Lipinski definition) is 3. The summed E-state index contributed by atoms with van der Waals surface area (Å²) in [6, 6.07) is 0.556. The van der Waals surface area contributed by atoms with Gasteiger partial charge in [0.15, 0.2) is 5.96 Å². The van der Waals surface area contributed by atoms with Crippen LogP contribution in [-0.2, 0) is 4.74 Å². The molecule has 1 heterocycles. The van der Waals surface area contributed by atoms with Crippen molar-refractivity contribution in [2.75, 3.05) is 46.9 Å². The van der Waals surface area contributed by atoms with E-state index in [1.165, 1.54) is 51.6 Å². The van der Waals surface area contributed by atoms with Crippen LogP contribution in [0, 0.1) is 11.3 Å². The van der Waals surface area contributed by atoms with Gasteiger partial charge in [0, 0.05) is 39.9 Å². The van der Waals surface area contributed by atoms with E-state index in [9.17, 15) is 0 Å². The average molecular weight is 353 g/mol. The molecule has 25 heavy (non-hydrogen) atoms. The first kappa shape index (κ1) is 20.5. The van der Waals surface area contributed by atoms with Crippen molar-refractivity contribution in [2.45, 2.75) is 64.8 Å². The molecule has 1 saturated carbocycles. The number of rotatable bonds is 8. The van der Waals surface area contributed by atoms with E-state index < -0.39 is 0 Å². The lowest BCUT2D eigenvalue weighted by molar-refractivity contribution is 0.138. The van der Waals surface area contributed by atoms with Crippen molar-refractivity contribution in [3.05, 3.63) is 0 Å². The summed E-state index contributed by atoms with van der Waals surface area (Å²) in [5.41, 5.74) is 0.391. The standard InChI is InChI=1S/C20H40N4O/c1-17-7-12-24(13-8-17)18(2)15-22-19(21-3)23-16-20(11-14-25-4)9-5-6-10-20/h17-18H,5-16H2,1-4H3,(H2,21,22,23). The first-order valence-corrected chi connectivity index (χ1v) is 10.3. The van der Waals surface area contributed by atoms with E-state index in [4.69, 9.17) is 4.74 Å². The zero-order valence-corrected chi connectivity index (χ0v) is 16.9. The molecule has 0 amide bonds. The van der Waals surface area contributed by atoms with Crippen LogP contribution in [0.25, 0.3) is 0 Å². The molecule has 2 rings (SSSR count). The first-order chi connectivity index (χ1) is 12.1. The molecule has 5 heteroatoms. The van der Waals surface area contributed by atoms with Gasteiger partial charge in [0.05, 0.1) is 0 Å². The van der Waals surface area contributed by atoms with Crippen molar-refractivity contribution < 1.29 is 4.74 Å². The monoisotopic (exact) mass is 352 g/mol. The Labute approximate surface area is 155 Å². The van der Waals surface area contributed by atoms with Gasteiger partial charge < -0.3 is 15.4 Å². The third kappa shape index (κ3) is 6.45. The van der Waals surface area contributed by atoms with Crippen LogP contribution in [0.2, 0.25) is 0 Å². The molecule has 0 aromatic heterocycles. The maximum absolute atomic E-state index is 5.34. The summed E-state index contributed by atoms with van der Waals surface area (Å²) in [7, 11) is 3.68. The van der Waals surface area contributed by atoms with Crippen molar-refractivity contribution in [2.24, 2.45) is 16.3 Å². The van der Waals surface area contributed by atoms with E-state index in [-0.39, 0.29) is 0 Å². The van der Waals surface area contributed by atoms with Crippen LogP contribution in [0.15, 0.2) is 4.99 Å². The molecule has 1 aliphatic carbocycles. The fourth-order valence-corrected chi connectivity index (χ4v) is 4.29. The largest absolute Gasteiger partial charge is 0.385 e. The maximum Gasteiger partial charge on any atom is 0.191 e. The normalized spacial score (nSPS) is 23.6. The second-order valence-electron chi connectivity index (χ2n) is 8.32. The molecule has 5 nitrogen and oxygen atoms in total. The van der Waals surface area contributed by atoms with Crippen molar-refractivity contribution in [3.8, 4) is 0 Å². The molecule has 0 aromatic carbocycles. The van der Waals surface area contributed by atoms with Crippen LogP contribution in [0.1, 0.15) is 58.8 Å². The van der Waals surface area contributed by atoms with Crippen LogP contribution >= 0.6 is 0 Å². The van der Waals surface area contributed by atoms with Crippen molar-refractivity contribution in [1.29, 1.82) is 0 Å². The Hall–Kier alpha value is -0.810. The minimum absolute atomic E-state index is 0.391.